The van der Waals surface area contributed by atoms with Crippen molar-refractivity contribution < 1.29 is 9.53 Å². The Kier molecular flexibility index (Phi) is 6.85. The molecule has 1 fully saturated rings. The molecule has 206 valence electrons. The molecular formula is C35H28N4O2S. The molecule has 7 heteroatoms. The first-order chi connectivity index (χ1) is 20.7. The van der Waals surface area contributed by atoms with Gasteiger partial charge in [-0.25, -0.2) is 4.99 Å². The summed E-state index contributed by atoms with van der Waals surface area (Å²) in [6.45, 7) is 0.520. The average molecular weight is 569 g/mol. The van der Waals surface area contributed by atoms with Gasteiger partial charge >= 0.3 is 0 Å². The van der Waals surface area contributed by atoms with Crippen molar-refractivity contribution in [2.75, 3.05) is 13.7 Å². The molecular weight excluding hydrogens is 540 g/mol. The van der Waals surface area contributed by atoms with Crippen LogP contribution < -0.4 is 4.74 Å². The van der Waals surface area contributed by atoms with Gasteiger partial charge in [-0.15, -0.1) is 0 Å². The Balaban J connectivity index is 1.22. The number of benzene rings is 4. The number of amidine groups is 1. The number of H-pyrrole nitrogens is 1. The molecule has 0 atom stereocenters. The van der Waals surface area contributed by atoms with Crippen LogP contribution >= 0.6 is 11.8 Å². The number of ether oxygens (including phenoxy) is 1. The number of methoxy groups -OCH3 is 1. The molecule has 4 aromatic carbocycles. The third-order valence-corrected chi connectivity index (χ3v) is 8.54. The standard InChI is InChI=1S/C35H28N4O2S/c1-41-30-16-13-27(14-17-30)37-35-39(20-18-26-23-36-32-11-5-4-10-31(26)32)34(40)33(42-35)22-28-9-6-19-38(28)29-15-12-24-7-2-3-8-25(24)21-29/h2-17,19,21-23,36H,18,20H2,1H3. The number of carbonyl (C=O) groups is 1. The maximum absolute atomic E-state index is 13.9. The maximum Gasteiger partial charge on any atom is 0.266 e. The molecule has 0 unspecified atom stereocenters. The zero-order chi connectivity index (χ0) is 28.5. The predicted octanol–water partition coefficient (Wildman–Crippen LogP) is 7.97. The first-order valence-corrected chi connectivity index (χ1v) is 14.6. The van der Waals surface area contributed by atoms with E-state index in [1.54, 1.807) is 12.0 Å². The Hall–Kier alpha value is -5.01. The minimum Gasteiger partial charge on any atom is -0.497 e. The molecule has 7 rings (SSSR count). The summed E-state index contributed by atoms with van der Waals surface area (Å²) in [6.07, 6.45) is 6.74. The number of para-hydroxylation sites is 1. The van der Waals surface area contributed by atoms with Crippen LogP contribution in [0.4, 0.5) is 5.69 Å². The van der Waals surface area contributed by atoms with Crippen LogP contribution in [-0.2, 0) is 11.2 Å². The van der Waals surface area contributed by atoms with E-state index in [9.17, 15) is 4.79 Å². The summed E-state index contributed by atoms with van der Waals surface area (Å²) in [4.78, 5) is 24.6. The zero-order valence-electron chi connectivity index (χ0n) is 23.0. The van der Waals surface area contributed by atoms with Crippen molar-refractivity contribution in [3.63, 3.8) is 0 Å². The number of amides is 1. The van der Waals surface area contributed by atoms with Crippen molar-refractivity contribution in [3.8, 4) is 11.4 Å². The lowest BCUT2D eigenvalue weighted by Crippen LogP contribution is -2.31. The highest BCUT2D eigenvalue weighted by Crippen LogP contribution is 2.35. The van der Waals surface area contributed by atoms with Gasteiger partial charge in [0, 0.05) is 41.2 Å². The second kappa shape index (κ2) is 11.1. The lowest BCUT2D eigenvalue weighted by molar-refractivity contribution is -0.122. The molecule has 1 saturated heterocycles. The van der Waals surface area contributed by atoms with Crippen LogP contribution in [0, 0.1) is 0 Å². The van der Waals surface area contributed by atoms with Crippen molar-refractivity contribution in [1.29, 1.82) is 0 Å². The highest BCUT2D eigenvalue weighted by Gasteiger charge is 2.33. The van der Waals surface area contributed by atoms with Gasteiger partial charge in [-0.3, -0.25) is 9.69 Å². The number of thioether (sulfide) groups is 1. The van der Waals surface area contributed by atoms with Gasteiger partial charge in [0.05, 0.1) is 17.7 Å². The van der Waals surface area contributed by atoms with E-state index in [2.05, 4.69) is 52.0 Å². The highest BCUT2D eigenvalue weighted by atomic mass is 32.2. The Morgan fingerprint density at radius 2 is 1.71 bits per heavy atom. The third kappa shape index (κ3) is 4.99. The SMILES string of the molecule is COc1ccc(N=C2SC(=Cc3cccn3-c3ccc4ccccc4c3)C(=O)N2CCc2c[nH]c3ccccc23)cc1. The van der Waals surface area contributed by atoms with Crippen LogP contribution in [-0.4, -0.2) is 39.2 Å². The van der Waals surface area contributed by atoms with Crippen LogP contribution in [0.1, 0.15) is 11.3 Å². The molecule has 3 heterocycles. The monoisotopic (exact) mass is 568 g/mol. The fourth-order valence-corrected chi connectivity index (χ4v) is 6.34. The van der Waals surface area contributed by atoms with E-state index in [1.165, 1.54) is 33.5 Å². The Morgan fingerprint density at radius 1 is 0.905 bits per heavy atom. The van der Waals surface area contributed by atoms with Crippen molar-refractivity contribution in [1.82, 2.24) is 14.5 Å². The number of aliphatic imine (C=N–C) groups is 1. The number of nitrogens with zero attached hydrogens (tertiary/aromatic N) is 3. The largest absolute Gasteiger partial charge is 0.497 e. The fraction of sp³-hybridized carbons (Fsp3) is 0.0857. The van der Waals surface area contributed by atoms with Crippen LogP contribution in [0.2, 0.25) is 0 Å². The van der Waals surface area contributed by atoms with Gasteiger partial charge in [-0.1, -0.05) is 48.5 Å². The average Bonchev–Trinajstić information content (AvgIpc) is 3.74. The molecule has 0 radical (unpaired) electrons. The van der Waals surface area contributed by atoms with Gasteiger partial charge in [0.1, 0.15) is 5.75 Å². The second-order valence-corrected chi connectivity index (χ2v) is 11.1. The number of hydrogen-bond acceptors (Lipinski definition) is 4. The summed E-state index contributed by atoms with van der Waals surface area (Å²) >= 11 is 1.41. The van der Waals surface area contributed by atoms with Crippen LogP contribution in [0.5, 0.6) is 5.75 Å². The fourth-order valence-electron chi connectivity index (χ4n) is 5.33. The van der Waals surface area contributed by atoms with Gasteiger partial charge in [0.2, 0.25) is 0 Å². The highest BCUT2D eigenvalue weighted by molar-refractivity contribution is 8.18. The van der Waals surface area contributed by atoms with E-state index in [0.29, 0.717) is 23.0 Å². The van der Waals surface area contributed by atoms with Crippen molar-refractivity contribution in [2.45, 2.75) is 6.42 Å². The van der Waals surface area contributed by atoms with Crippen molar-refractivity contribution in [2.24, 2.45) is 4.99 Å². The van der Waals surface area contributed by atoms with E-state index in [1.807, 2.05) is 79.1 Å². The molecule has 1 N–H and O–H groups in total. The summed E-state index contributed by atoms with van der Waals surface area (Å²) in [5.74, 6) is 0.721. The van der Waals surface area contributed by atoms with Gasteiger partial charge in [-0.05, 0) is 95.2 Å². The van der Waals surface area contributed by atoms with E-state index >= 15 is 0 Å². The second-order valence-electron chi connectivity index (χ2n) is 10.1. The minimum atomic E-state index is -0.0432. The number of aromatic amines is 1. The quantitative estimate of drug-likeness (QED) is 0.199. The lowest BCUT2D eigenvalue weighted by Gasteiger charge is -2.15. The van der Waals surface area contributed by atoms with Crippen LogP contribution in [0.3, 0.4) is 0 Å². The molecule has 0 bridgehead atoms. The predicted molar refractivity (Wildman–Crippen MR) is 173 cm³/mol. The van der Waals surface area contributed by atoms with Crippen LogP contribution in [0.25, 0.3) is 33.4 Å². The summed E-state index contributed by atoms with van der Waals surface area (Å²) < 4.78 is 7.42. The molecule has 6 aromatic rings. The molecule has 1 amide bonds. The summed E-state index contributed by atoms with van der Waals surface area (Å²) in [6, 6.07) is 34.6. The van der Waals surface area contributed by atoms with E-state index < -0.39 is 0 Å². The first-order valence-electron chi connectivity index (χ1n) is 13.8. The first kappa shape index (κ1) is 25.9. The Bertz CT molecular complexity index is 1980. The number of aromatic nitrogens is 2. The van der Waals surface area contributed by atoms with E-state index in [0.717, 1.165) is 28.3 Å². The number of hydrogen-bond donors (Lipinski definition) is 1. The number of nitrogens with one attached hydrogen (secondary N) is 1. The summed E-state index contributed by atoms with van der Waals surface area (Å²) in [7, 11) is 1.64. The number of rotatable bonds is 7. The molecule has 6 nitrogen and oxygen atoms in total. The normalized spacial score (nSPS) is 15.5. The van der Waals surface area contributed by atoms with Gasteiger partial charge in [0.15, 0.2) is 5.17 Å². The number of fused-ring (bicyclic) bond motifs is 2. The summed E-state index contributed by atoms with van der Waals surface area (Å²) in [5, 5.41) is 4.21. The van der Waals surface area contributed by atoms with Crippen molar-refractivity contribution >= 4 is 56.3 Å². The van der Waals surface area contributed by atoms with Gasteiger partial charge in [-0.2, -0.15) is 0 Å². The molecule has 1 aliphatic heterocycles. The van der Waals surface area contributed by atoms with Gasteiger partial charge in [0.25, 0.3) is 5.91 Å². The topological polar surface area (TPSA) is 62.6 Å². The molecule has 2 aromatic heterocycles. The van der Waals surface area contributed by atoms with E-state index in [-0.39, 0.29) is 5.91 Å². The molecule has 1 aliphatic rings. The van der Waals surface area contributed by atoms with Crippen LogP contribution in [0.15, 0.2) is 125 Å². The minimum absolute atomic E-state index is 0.0432. The van der Waals surface area contributed by atoms with Gasteiger partial charge < -0.3 is 14.3 Å². The lowest BCUT2D eigenvalue weighted by atomic mass is 10.1. The molecule has 42 heavy (non-hydrogen) atoms. The van der Waals surface area contributed by atoms with Crippen molar-refractivity contribution in [3.05, 3.63) is 132 Å². The smallest absolute Gasteiger partial charge is 0.266 e. The Morgan fingerprint density at radius 3 is 2.57 bits per heavy atom. The molecule has 0 aliphatic carbocycles. The summed E-state index contributed by atoms with van der Waals surface area (Å²) in [5.41, 5.74) is 5.02. The molecule has 0 saturated carbocycles. The number of carbonyl (C=O) groups excluding carboxylic acids is 1. The third-order valence-electron chi connectivity index (χ3n) is 7.54. The van der Waals surface area contributed by atoms with E-state index in [4.69, 9.17) is 9.73 Å². The Labute approximate surface area is 248 Å². The zero-order valence-corrected chi connectivity index (χ0v) is 23.8. The molecule has 0 spiro atoms. The maximum atomic E-state index is 13.9.